The van der Waals surface area contributed by atoms with Gasteiger partial charge in [0.15, 0.2) is 0 Å². The van der Waals surface area contributed by atoms with Gasteiger partial charge in [-0.1, -0.05) is 0 Å². The molecule has 1 aromatic heterocycles. The first kappa shape index (κ1) is 20.0. The molecule has 1 N–H and O–H groups in total. The number of aliphatic hydroxyl groups excluding tert-OH is 1. The quantitative estimate of drug-likeness (QED) is 0.442. The fourth-order valence-electron chi connectivity index (χ4n) is 3.96. The maximum Gasteiger partial charge on any atom is 0.295 e. The lowest BCUT2D eigenvalue weighted by Gasteiger charge is -2.25. The lowest BCUT2D eigenvalue weighted by molar-refractivity contribution is -0.141. The Hall–Kier alpha value is -3.26. The summed E-state index contributed by atoms with van der Waals surface area (Å²) in [6.07, 6.45) is 3.02. The summed E-state index contributed by atoms with van der Waals surface area (Å²) in [4.78, 5) is 27.3. The van der Waals surface area contributed by atoms with Crippen molar-refractivity contribution in [2.75, 3.05) is 27.4 Å². The third-order valence-electron chi connectivity index (χ3n) is 5.44. The maximum atomic E-state index is 13.0. The minimum Gasteiger partial charge on any atom is -0.507 e. The Morgan fingerprint density at radius 3 is 2.70 bits per heavy atom. The predicted octanol–water partition coefficient (Wildman–Crippen LogP) is 2.90. The van der Waals surface area contributed by atoms with Crippen LogP contribution in [-0.2, 0) is 14.3 Å². The van der Waals surface area contributed by atoms with Gasteiger partial charge in [-0.05, 0) is 37.1 Å². The molecular formula is C22H23NO7. The molecule has 2 aromatic rings. The average Bonchev–Trinajstić information content (AvgIpc) is 3.52. The Labute approximate surface area is 173 Å². The summed E-state index contributed by atoms with van der Waals surface area (Å²) < 4.78 is 21.7. The van der Waals surface area contributed by atoms with Gasteiger partial charge in [-0.25, -0.2) is 0 Å². The van der Waals surface area contributed by atoms with Crippen molar-refractivity contribution in [1.82, 2.24) is 4.90 Å². The molecule has 2 saturated heterocycles. The second-order valence-corrected chi connectivity index (χ2v) is 7.17. The molecule has 0 spiro atoms. The number of hydrogen-bond donors (Lipinski definition) is 1. The number of rotatable bonds is 6. The van der Waals surface area contributed by atoms with E-state index in [1.54, 1.807) is 30.3 Å². The van der Waals surface area contributed by atoms with Crippen LogP contribution in [0.1, 0.15) is 30.2 Å². The van der Waals surface area contributed by atoms with E-state index in [9.17, 15) is 14.7 Å². The smallest absolute Gasteiger partial charge is 0.295 e. The van der Waals surface area contributed by atoms with E-state index in [-0.39, 0.29) is 29.5 Å². The first-order chi connectivity index (χ1) is 14.5. The van der Waals surface area contributed by atoms with Crippen LogP contribution in [0.5, 0.6) is 11.5 Å². The van der Waals surface area contributed by atoms with E-state index < -0.39 is 17.7 Å². The number of methoxy groups -OCH3 is 2. The minimum absolute atomic E-state index is 0.0450. The van der Waals surface area contributed by atoms with Crippen LogP contribution in [0, 0.1) is 0 Å². The van der Waals surface area contributed by atoms with Crippen LogP contribution >= 0.6 is 0 Å². The van der Waals surface area contributed by atoms with Gasteiger partial charge in [0.2, 0.25) is 0 Å². The number of likely N-dealkylation sites (tertiary alicyclic amines) is 1. The van der Waals surface area contributed by atoms with Gasteiger partial charge in [-0.2, -0.15) is 0 Å². The van der Waals surface area contributed by atoms with Crippen molar-refractivity contribution in [1.29, 1.82) is 0 Å². The highest BCUT2D eigenvalue weighted by Gasteiger charge is 2.48. The van der Waals surface area contributed by atoms with E-state index in [0.29, 0.717) is 23.9 Å². The third-order valence-corrected chi connectivity index (χ3v) is 5.44. The van der Waals surface area contributed by atoms with Crippen LogP contribution in [0.15, 0.2) is 46.6 Å². The fraction of sp³-hybridized carbons (Fsp3) is 0.364. The van der Waals surface area contributed by atoms with Gasteiger partial charge in [0.25, 0.3) is 11.7 Å². The third kappa shape index (κ3) is 3.43. The van der Waals surface area contributed by atoms with Gasteiger partial charge >= 0.3 is 0 Å². The van der Waals surface area contributed by atoms with Crippen LogP contribution < -0.4 is 9.47 Å². The van der Waals surface area contributed by atoms with E-state index in [1.807, 2.05) is 0 Å². The van der Waals surface area contributed by atoms with Crippen molar-refractivity contribution in [2.45, 2.75) is 25.0 Å². The summed E-state index contributed by atoms with van der Waals surface area (Å²) in [6.45, 7) is 0.871. The number of carbonyl (C=O) groups is 2. The zero-order valence-electron chi connectivity index (χ0n) is 16.8. The Bertz CT molecular complexity index is 973. The zero-order chi connectivity index (χ0) is 21.3. The number of hydrogen-bond acceptors (Lipinski definition) is 7. The number of amides is 1. The topological polar surface area (TPSA) is 98.4 Å². The number of ether oxygens (including phenoxy) is 3. The number of nitrogens with zero attached hydrogens (tertiary/aromatic N) is 1. The molecule has 1 aromatic carbocycles. The molecule has 2 aliphatic heterocycles. The molecule has 2 atom stereocenters. The Morgan fingerprint density at radius 1 is 1.23 bits per heavy atom. The van der Waals surface area contributed by atoms with Crippen LogP contribution in [0.25, 0.3) is 5.76 Å². The summed E-state index contributed by atoms with van der Waals surface area (Å²) in [5.41, 5.74) is 0.237. The fourth-order valence-corrected chi connectivity index (χ4v) is 3.96. The molecule has 2 unspecified atom stereocenters. The molecule has 0 aliphatic carbocycles. The lowest BCUT2D eigenvalue weighted by atomic mass is 9.98. The highest BCUT2D eigenvalue weighted by Crippen LogP contribution is 2.42. The van der Waals surface area contributed by atoms with Crippen LogP contribution in [-0.4, -0.2) is 55.2 Å². The number of furan rings is 1. The van der Waals surface area contributed by atoms with Gasteiger partial charge in [0, 0.05) is 19.2 Å². The number of benzene rings is 1. The molecule has 0 saturated carbocycles. The van der Waals surface area contributed by atoms with Gasteiger partial charge in [-0.3, -0.25) is 9.59 Å². The summed E-state index contributed by atoms with van der Waals surface area (Å²) >= 11 is 0. The SMILES string of the molecule is COc1ccc(/C(O)=C2/C(=O)C(=O)N(CC3CCCO3)C2c2ccco2)c(OC)c1. The largest absolute Gasteiger partial charge is 0.507 e. The van der Waals surface area contributed by atoms with Crippen LogP contribution in [0.3, 0.4) is 0 Å². The van der Waals surface area contributed by atoms with Crippen LogP contribution in [0.4, 0.5) is 0 Å². The van der Waals surface area contributed by atoms with Crippen LogP contribution in [0.2, 0.25) is 0 Å². The first-order valence-corrected chi connectivity index (χ1v) is 9.71. The molecule has 8 heteroatoms. The second-order valence-electron chi connectivity index (χ2n) is 7.17. The van der Waals surface area contributed by atoms with Crippen molar-refractivity contribution in [3.8, 4) is 11.5 Å². The minimum atomic E-state index is -0.851. The summed E-state index contributed by atoms with van der Waals surface area (Å²) in [5.74, 6) is -0.559. The number of carbonyl (C=O) groups excluding carboxylic acids is 2. The van der Waals surface area contributed by atoms with Gasteiger partial charge in [-0.15, -0.1) is 0 Å². The van der Waals surface area contributed by atoms with Gasteiger partial charge in [0.1, 0.15) is 29.1 Å². The molecule has 158 valence electrons. The highest BCUT2D eigenvalue weighted by molar-refractivity contribution is 6.46. The summed E-state index contributed by atoms with van der Waals surface area (Å²) in [5, 5.41) is 11.1. The normalized spacial score (nSPS) is 23.2. The highest BCUT2D eigenvalue weighted by atomic mass is 16.5. The predicted molar refractivity (Wildman–Crippen MR) is 106 cm³/mol. The molecule has 0 bridgehead atoms. The lowest BCUT2D eigenvalue weighted by Crippen LogP contribution is -2.36. The standard InChI is InChI=1S/C22H23NO7/c1-27-13-7-8-15(17(11-13)28-2)20(24)18-19(16-6-4-10-30-16)23(22(26)21(18)25)12-14-5-3-9-29-14/h4,6-8,10-11,14,19,24H,3,5,9,12H2,1-2H3/b20-18-. The van der Waals surface area contributed by atoms with E-state index in [1.165, 1.54) is 25.4 Å². The number of ketones is 1. The van der Waals surface area contributed by atoms with Crippen molar-refractivity contribution in [3.05, 3.63) is 53.5 Å². The van der Waals surface area contributed by atoms with Crippen molar-refractivity contribution in [2.24, 2.45) is 0 Å². The first-order valence-electron chi connectivity index (χ1n) is 9.71. The molecule has 30 heavy (non-hydrogen) atoms. The summed E-state index contributed by atoms with van der Waals surface area (Å²) in [6, 6.07) is 7.32. The maximum absolute atomic E-state index is 13.0. The van der Waals surface area contributed by atoms with Crippen molar-refractivity contribution in [3.63, 3.8) is 0 Å². The molecule has 0 radical (unpaired) electrons. The van der Waals surface area contributed by atoms with E-state index >= 15 is 0 Å². The van der Waals surface area contributed by atoms with Crippen molar-refractivity contribution >= 4 is 17.4 Å². The number of aliphatic hydroxyl groups is 1. The molecule has 2 aliphatic rings. The monoisotopic (exact) mass is 413 g/mol. The average molecular weight is 413 g/mol. The Kier molecular flexibility index (Phi) is 5.50. The summed E-state index contributed by atoms with van der Waals surface area (Å²) in [7, 11) is 2.97. The van der Waals surface area contributed by atoms with Crippen molar-refractivity contribution < 1.29 is 33.3 Å². The second kappa shape index (κ2) is 8.23. The number of Topliss-reactive ketones (excluding diaryl/α,β-unsaturated/α-hetero) is 1. The molecule has 8 nitrogen and oxygen atoms in total. The Balaban J connectivity index is 1.82. The van der Waals surface area contributed by atoms with Gasteiger partial charge < -0.3 is 28.6 Å². The molecule has 3 heterocycles. The molecule has 2 fully saturated rings. The molecule has 4 rings (SSSR count). The van der Waals surface area contributed by atoms with E-state index in [2.05, 4.69) is 0 Å². The van der Waals surface area contributed by atoms with E-state index in [4.69, 9.17) is 18.6 Å². The van der Waals surface area contributed by atoms with Gasteiger partial charge in [0.05, 0.1) is 37.7 Å². The zero-order valence-corrected chi connectivity index (χ0v) is 16.8. The molecule has 1 amide bonds. The molecular weight excluding hydrogens is 390 g/mol. The van der Waals surface area contributed by atoms with E-state index in [0.717, 1.165) is 12.8 Å². The Morgan fingerprint density at radius 2 is 2.07 bits per heavy atom.